The van der Waals surface area contributed by atoms with Gasteiger partial charge in [0.25, 0.3) is 5.91 Å². The summed E-state index contributed by atoms with van der Waals surface area (Å²) in [5.74, 6) is 1.83. The van der Waals surface area contributed by atoms with Crippen LogP contribution in [0.1, 0.15) is 43.2 Å². The van der Waals surface area contributed by atoms with E-state index in [9.17, 15) is 9.90 Å². The number of phenols is 1. The second kappa shape index (κ2) is 8.05. The van der Waals surface area contributed by atoms with Crippen molar-refractivity contribution in [1.29, 1.82) is 0 Å². The van der Waals surface area contributed by atoms with E-state index in [1.54, 1.807) is 12.1 Å². The molecule has 2 heterocycles. The van der Waals surface area contributed by atoms with Crippen LogP contribution in [0.25, 0.3) is 0 Å². The van der Waals surface area contributed by atoms with Gasteiger partial charge in [0.1, 0.15) is 23.7 Å². The molecule has 1 fully saturated rings. The number of aliphatic imine (C=N–C) groups is 2. The van der Waals surface area contributed by atoms with E-state index >= 15 is 0 Å². The number of hydrogen-bond donors (Lipinski definition) is 1. The summed E-state index contributed by atoms with van der Waals surface area (Å²) in [6.07, 6.45) is 6.66. The largest absolute Gasteiger partial charge is 0.508 e. The highest BCUT2D eigenvalue weighted by atomic mass is 16.3. The highest BCUT2D eigenvalue weighted by Gasteiger charge is 2.42. The van der Waals surface area contributed by atoms with Crippen molar-refractivity contribution >= 4 is 17.5 Å². The Morgan fingerprint density at radius 2 is 1.67 bits per heavy atom. The lowest BCUT2D eigenvalue weighted by atomic mass is 9.95. The zero-order chi connectivity index (χ0) is 20.5. The summed E-state index contributed by atoms with van der Waals surface area (Å²) >= 11 is 0. The fourth-order valence-electron chi connectivity index (χ4n) is 4.95. The number of aromatic hydroxyl groups is 1. The van der Waals surface area contributed by atoms with Crippen LogP contribution in [0.4, 0.5) is 0 Å². The van der Waals surface area contributed by atoms with Gasteiger partial charge in [-0.05, 0) is 47.7 Å². The molecular formula is C25H27N3O2. The van der Waals surface area contributed by atoms with Gasteiger partial charge >= 0.3 is 0 Å². The van der Waals surface area contributed by atoms with E-state index in [0.29, 0.717) is 18.9 Å². The second-order valence-electron chi connectivity index (χ2n) is 8.64. The van der Waals surface area contributed by atoms with Crippen LogP contribution in [0.3, 0.4) is 0 Å². The van der Waals surface area contributed by atoms with Crippen molar-refractivity contribution < 1.29 is 9.90 Å². The number of amidine groups is 1. The van der Waals surface area contributed by atoms with Gasteiger partial charge in [-0.1, -0.05) is 56.0 Å². The maximum absolute atomic E-state index is 13.3. The van der Waals surface area contributed by atoms with Crippen molar-refractivity contribution in [3.8, 4) is 5.75 Å². The van der Waals surface area contributed by atoms with Gasteiger partial charge in [-0.3, -0.25) is 19.7 Å². The highest BCUT2D eigenvalue weighted by molar-refractivity contribution is 6.16. The Morgan fingerprint density at radius 1 is 0.933 bits per heavy atom. The van der Waals surface area contributed by atoms with Crippen LogP contribution in [-0.2, 0) is 11.2 Å². The number of fused-ring (bicyclic) bond motifs is 1. The van der Waals surface area contributed by atoms with E-state index in [2.05, 4.69) is 12.1 Å². The smallest absolute Gasteiger partial charge is 0.253 e. The lowest BCUT2D eigenvalue weighted by Crippen LogP contribution is -2.47. The lowest BCUT2D eigenvalue weighted by molar-refractivity contribution is -0.126. The van der Waals surface area contributed by atoms with E-state index in [0.717, 1.165) is 29.1 Å². The molecule has 2 atom stereocenters. The molecule has 0 saturated heterocycles. The predicted octanol–water partition coefficient (Wildman–Crippen LogP) is 4.00. The van der Waals surface area contributed by atoms with Crippen molar-refractivity contribution in [1.82, 2.24) is 4.90 Å². The minimum absolute atomic E-state index is 0.0598. The van der Waals surface area contributed by atoms with Crippen LogP contribution in [0, 0.1) is 5.92 Å². The quantitative estimate of drug-likeness (QED) is 0.823. The summed E-state index contributed by atoms with van der Waals surface area (Å²) < 4.78 is 0. The van der Waals surface area contributed by atoms with Crippen LogP contribution in [-0.4, -0.2) is 46.1 Å². The van der Waals surface area contributed by atoms with Crippen LogP contribution in [0.15, 0.2) is 64.6 Å². The molecule has 2 unspecified atom stereocenters. The van der Waals surface area contributed by atoms with Gasteiger partial charge in [0.15, 0.2) is 0 Å². The lowest BCUT2D eigenvalue weighted by Gasteiger charge is -2.31. The van der Waals surface area contributed by atoms with Gasteiger partial charge in [-0.25, -0.2) is 0 Å². The van der Waals surface area contributed by atoms with E-state index in [1.807, 2.05) is 35.2 Å². The van der Waals surface area contributed by atoms with E-state index in [1.165, 1.54) is 25.7 Å². The Hall–Kier alpha value is -2.95. The normalized spacial score (nSPS) is 24.0. The summed E-state index contributed by atoms with van der Waals surface area (Å²) in [6.45, 7) is 0.453. The van der Waals surface area contributed by atoms with Crippen molar-refractivity contribution in [2.45, 2.75) is 50.6 Å². The number of nitrogens with zero attached hydrogens (tertiary/aromatic N) is 3. The number of amides is 1. The van der Waals surface area contributed by atoms with Crippen LogP contribution in [0.5, 0.6) is 5.75 Å². The molecule has 0 bridgehead atoms. The van der Waals surface area contributed by atoms with E-state index < -0.39 is 0 Å². The van der Waals surface area contributed by atoms with Gasteiger partial charge in [0.05, 0.1) is 12.3 Å². The number of hydrogen-bond acceptors (Lipinski definition) is 4. The molecule has 1 amide bonds. The SMILES string of the molecule is O=C1C(Cc2ccccc2)N=C2C(CC3CCCC3)N=C(c3ccc(O)cc3)CN12. The molecule has 5 rings (SSSR count). The first-order chi connectivity index (χ1) is 14.7. The third-order valence-corrected chi connectivity index (χ3v) is 6.54. The van der Waals surface area contributed by atoms with Crippen molar-refractivity contribution in [2.24, 2.45) is 15.9 Å². The predicted molar refractivity (Wildman–Crippen MR) is 118 cm³/mol. The Balaban J connectivity index is 1.44. The number of rotatable bonds is 5. The summed E-state index contributed by atoms with van der Waals surface area (Å²) in [5, 5.41) is 9.64. The second-order valence-corrected chi connectivity index (χ2v) is 8.64. The summed E-state index contributed by atoms with van der Waals surface area (Å²) in [7, 11) is 0. The third-order valence-electron chi connectivity index (χ3n) is 6.54. The molecule has 3 aliphatic rings. The molecule has 1 N–H and O–H groups in total. The van der Waals surface area contributed by atoms with Crippen LogP contribution >= 0.6 is 0 Å². The number of benzene rings is 2. The van der Waals surface area contributed by atoms with E-state index in [4.69, 9.17) is 9.98 Å². The topological polar surface area (TPSA) is 65.3 Å². The fourth-order valence-corrected chi connectivity index (χ4v) is 4.95. The molecule has 2 aliphatic heterocycles. The zero-order valence-corrected chi connectivity index (χ0v) is 17.1. The monoisotopic (exact) mass is 401 g/mol. The van der Waals surface area contributed by atoms with Crippen LogP contribution < -0.4 is 0 Å². The van der Waals surface area contributed by atoms with Crippen LogP contribution in [0.2, 0.25) is 0 Å². The van der Waals surface area contributed by atoms with Crippen molar-refractivity contribution in [3.63, 3.8) is 0 Å². The Morgan fingerprint density at radius 3 is 2.40 bits per heavy atom. The third kappa shape index (κ3) is 3.76. The first kappa shape index (κ1) is 19.0. The maximum Gasteiger partial charge on any atom is 0.253 e. The molecule has 5 heteroatoms. The summed E-state index contributed by atoms with van der Waals surface area (Å²) in [6, 6.07) is 16.8. The van der Waals surface area contributed by atoms with Crippen molar-refractivity contribution in [3.05, 3.63) is 65.7 Å². The standard InChI is InChI=1S/C25H27N3O2/c29-20-12-10-19(11-13-20)23-16-28-24(21(26-23)14-17-8-4-5-9-17)27-22(25(28)30)15-18-6-2-1-3-7-18/h1-3,6-7,10-13,17,21-22,29H,4-5,8-9,14-16H2. The molecule has 1 saturated carbocycles. The molecule has 30 heavy (non-hydrogen) atoms. The first-order valence-electron chi connectivity index (χ1n) is 11.0. The van der Waals surface area contributed by atoms with Gasteiger partial charge in [-0.2, -0.15) is 0 Å². The Kier molecular flexibility index (Phi) is 5.11. The molecule has 0 aromatic heterocycles. The zero-order valence-electron chi connectivity index (χ0n) is 17.1. The molecule has 154 valence electrons. The number of carbonyl (C=O) groups excluding carboxylic acids is 1. The molecule has 1 aliphatic carbocycles. The van der Waals surface area contributed by atoms with Gasteiger partial charge in [-0.15, -0.1) is 0 Å². The minimum Gasteiger partial charge on any atom is -0.508 e. The van der Waals surface area contributed by atoms with Gasteiger partial charge in [0.2, 0.25) is 0 Å². The maximum atomic E-state index is 13.3. The fraction of sp³-hybridized carbons (Fsp3) is 0.400. The molecular weight excluding hydrogens is 374 g/mol. The Labute approximate surface area is 177 Å². The Bertz CT molecular complexity index is 975. The van der Waals surface area contributed by atoms with Gasteiger partial charge < -0.3 is 5.11 Å². The molecule has 5 nitrogen and oxygen atoms in total. The van der Waals surface area contributed by atoms with Gasteiger partial charge in [0, 0.05) is 6.42 Å². The highest BCUT2D eigenvalue weighted by Crippen LogP contribution is 2.33. The molecule has 0 spiro atoms. The van der Waals surface area contributed by atoms with Crippen molar-refractivity contribution in [2.75, 3.05) is 6.54 Å². The molecule has 2 aromatic rings. The summed E-state index contributed by atoms with van der Waals surface area (Å²) in [5.41, 5.74) is 3.00. The molecule has 0 radical (unpaired) electrons. The molecule has 2 aromatic carbocycles. The minimum atomic E-state index is -0.358. The summed E-state index contributed by atoms with van der Waals surface area (Å²) in [4.78, 5) is 25.1. The average Bonchev–Trinajstić information content (AvgIpc) is 3.38. The number of carbonyl (C=O) groups is 1. The van der Waals surface area contributed by atoms with E-state index in [-0.39, 0.29) is 23.7 Å². The number of phenolic OH excluding ortho intramolecular Hbond substituents is 1. The average molecular weight is 402 g/mol. The first-order valence-corrected chi connectivity index (χ1v) is 11.0.